The van der Waals surface area contributed by atoms with Crippen molar-refractivity contribution in [1.29, 1.82) is 0 Å². The minimum absolute atomic E-state index is 0.189. The lowest BCUT2D eigenvalue weighted by molar-refractivity contribution is -0.143. The molecule has 0 radical (unpaired) electrons. The molecular weight excluding hydrogens is 464 g/mol. The van der Waals surface area contributed by atoms with Crippen LogP contribution >= 0.6 is 12.6 Å². The summed E-state index contributed by atoms with van der Waals surface area (Å²) in [5, 5.41) is 33.5. The number of carboxylic acids is 3. The summed E-state index contributed by atoms with van der Waals surface area (Å²) in [4.78, 5) is 76.7. The van der Waals surface area contributed by atoms with Gasteiger partial charge in [0, 0.05) is 24.1 Å². The van der Waals surface area contributed by atoms with Crippen LogP contribution in [0.3, 0.4) is 0 Å². The number of carbonyl (C=O) groups is 6. The maximum Gasteiger partial charge on any atom is 0.326 e. The van der Waals surface area contributed by atoms with Crippen molar-refractivity contribution in [3.8, 4) is 0 Å². The van der Waals surface area contributed by atoms with Gasteiger partial charge in [-0.2, -0.15) is 12.6 Å². The average Bonchev–Trinajstić information content (AvgIpc) is 3.22. The first-order valence-electron chi connectivity index (χ1n) is 9.35. The molecule has 9 N–H and O–H groups in total. The van der Waals surface area contributed by atoms with Gasteiger partial charge in [0.15, 0.2) is 0 Å². The number of hydrogen-bond acceptors (Lipinski definition) is 9. The zero-order valence-electron chi connectivity index (χ0n) is 17.1. The van der Waals surface area contributed by atoms with Crippen LogP contribution in [-0.4, -0.2) is 90.8 Å². The van der Waals surface area contributed by atoms with E-state index in [1.807, 2.05) is 0 Å². The van der Waals surface area contributed by atoms with E-state index in [1.165, 1.54) is 12.5 Å². The standard InChI is InChI=1S/C17H24N6O9S/c18-8(2-12(24)25)14(28)23-11(5-33)16(30)21-9(3-13(26)27)15(29)22-10(17(31)32)1-7-4-19-6-20-7/h4,6,8-11,33H,1-3,5,18H2,(H,19,20)(H,21,30)(H,22,29)(H,23,28)(H,24,25)(H,26,27)(H,31,32). The van der Waals surface area contributed by atoms with E-state index in [1.54, 1.807) is 0 Å². The molecule has 0 spiro atoms. The van der Waals surface area contributed by atoms with E-state index in [0.29, 0.717) is 5.69 Å². The number of thiol groups is 1. The maximum absolute atomic E-state index is 12.6. The van der Waals surface area contributed by atoms with Crippen molar-refractivity contribution >= 4 is 48.3 Å². The van der Waals surface area contributed by atoms with Gasteiger partial charge < -0.3 is 42.0 Å². The first-order chi connectivity index (χ1) is 15.4. The fourth-order valence-corrected chi connectivity index (χ4v) is 2.76. The number of carboxylic acid groups (broad SMARTS) is 3. The summed E-state index contributed by atoms with van der Waals surface area (Å²) in [6.45, 7) is 0. The maximum atomic E-state index is 12.6. The van der Waals surface area contributed by atoms with E-state index in [9.17, 15) is 33.9 Å². The number of aromatic nitrogens is 2. The smallest absolute Gasteiger partial charge is 0.326 e. The van der Waals surface area contributed by atoms with Crippen LogP contribution in [0.2, 0.25) is 0 Å². The van der Waals surface area contributed by atoms with E-state index in [-0.39, 0.29) is 12.2 Å². The number of carbonyl (C=O) groups excluding carboxylic acids is 3. The van der Waals surface area contributed by atoms with Gasteiger partial charge >= 0.3 is 17.9 Å². The summed E-state index contributed by atoms with van der Waals surface area (Å²) < 4.78 is 0. The van der Waals surface area contributed by atoms with E-state index in [0.717, 1.165) is 0 Å². The fourth-order valence-electron chi connectivity index (χ4n) is 2.50. The SMILES string of the molecule is NC(CC(=O)O)C(=O)NC(CS)C(=O)NC(CC(=O)O)C(=O)NC(Cc1cnc[nH]1)C(=O)O. The Labute approximate surface area is 191 Å². The minimum Gasteiger partial charge on any atom is -0.481 e. The topological polar surface area (TPSA) is 254 Å². The van der Waals surface area contributed by atoms with Gasteiger partial charge in [-0.3, -0.25) is 24.0 Å². The molecule has 1 aromatic heterocycles. The number of nitrogens with one attached hydrogen (secondary N) is 4. The highest BCUT2D eigenvalue weighted by Gasteiger charge is 2.31. The summed E-state index contributed by atoms with van der Waals surface area (Å²) in [6, 6.07) is -5.99. The van der Waals surface area contributed by atoms with E-state index >= 15 is 0 Å². The predicted octanol–water partition coefficient (Wildman–Crippen LogP) is -3.30. The number of hydrogen-bond donors (Lipinski definition) is 9. The highest BCUT2D eigenvalue weighted by atomic mass is 32.1. The zero-order valence-corrected chi connectivity index (χ0v) is 17.9. The Morgan fingerprint density at radius 1 is 0.909 bits per heavy atom. The molecule has 0 aromatic carbocycles. The monoisotopic (exact) mass is 488 g/mol. The minimum atomic E-state index is -1.69. The van der Waals surface area contributed by atoms with Crippen molar-refractivity contribution in [3.63, 3.8) is 0 Å². The fraction of sp³-hybridized carbons (Fsp3) is 0.471. The van der Waals surface area contributed by atoms with E-state index in [2.05, 4.69) is 38.5 Å². The third kappa shape index (κ3) is 9.56. The molecule has 1 rings (SSSR count). The number of nitrogens with two attached hydrogens (primary N) is 1. The molecule has 1 aromatic rings. The van der Waals surface area contributed by atoms with Crippen LogP contribution < -0.4 is 21.7 Å². The zero-order chi connectivity index (χ0) is 25.1. The molecule has 1 heterocycles. The van der Waals surface area contributed by atoms with Crippen molar-refractivity contribution in [1.82, 2.24) is 25.9 Å². The molecule has 3 amide bonds. The Hall–Kier alpha value is -3.66. The quantitative estimate of drug-likeness (QED) is 0.117. The van der Waals surface area contributed by atoms with Crippen molar-refractivity contribution in [2.75, 3.05) is 5.75 Å². The number of nitrogens with zero attached hydrogens (tertiary/aromatic N) is 1. The molecule has 4 unspecified atom stereocenters. The second-order valence-electron chi connectivity index (χ2n) is 6.79. The van der Waals surface area contributed by atoms with Gasteiger partial charge in [-0.25, -0.2) is 9.78 Å². The number of H-pyrrole nitrogens is 1. The Bertz CT molecular complexity index is 878. The average molecular weight is 488 g/mol. The second kappa shape index (κ2) is 13.0. The van der Waals surface area contributed by atoms with Crippen LogP contribution in [0.25, 0.3) is 0 Å². The highest BCUT2D eigenvalue weighted by molar-refractivity contribution is 7.80. The van der Waals surface area contributed by atoms with E-state index in [4.69, 9.17) is 15.9 Å². The number of aromatic amines is 1. The third-order valence-corrected chi connectivity index (χ3v) is 4.52. The molecule has 16 heteroatoms. The van der Waals surface area contributed by atoms with Crippen LogP contribution in [-0.2, 0) is 35.2 Å². The van der Waals surface area contributed by atoms with Crippen LogP contribution in [0, 0.1) is 0 Å². The lowest BCUT2D eigenvalue weighted by Gasteiger charge is -2.23. The third-order valence-electron chi connectivity index (χ3n) is 4.15. The molecule has 182 valence electrons. The summed E-state index contributed by atoms with van der Waals surface area (Å²) in [7, 11) is 0. The Balaban J connectivity index is 2.88. The van der Waals surface area contributed by atoms with Gasteiger partial charge in [-0.15, -0.1) is 0 Å². The normalized spacial score (nSPS) is 14.2. The highest BCUT2D eigenvalue weighted by Crippen LogP contribution is 2.03. The Morgan fingerprint density at radius 2 is 1.45 bits per heavy atom. The molecule has 0 bridgehead atoms. The number of rotatable bonds is 14. The molecule has 0 aliphatic heterocycles. The van der Waals surface area contributed by atoms with Crippen molar-refractivity contribution < 1.29 is 44.1 Å². The lowest BCUT2D eigenvalue weighted by Crippen LogP contribution is -2.58. The molecule has 15 nitrogen and oxygen atoms in total. The lowest BCUT2D eigenvalue weighted by atomic mass is 10.1. The molecule has 4 atom stereocenters. The van der Waals surface area contributed by atoms with Crippen molar-refractivity contribution in [3.05, 3.63) is 18.2 Å². The Morgan fingerprint density at radius 3 is 1.94 bits per heavy atom. The van der Waals surface area contributed by atoms with Crippen LogP contribution in [0.5, 0.6) is 0 Å². The van der Waals surface area contributed by atoms with Crippen LogP contribution in [0.15, 0.2) is 12.5 Å². The molecule has 0 fully saturated rings. The van der Waals surface area contributed by atoms with Gasteiger partial charge in [0.25, 0.3) is 0 Å². The summed E-state index contributed by atoms with van der Waals surface area (Å²) in [5.74, 6) is -7.59. The molecular formula is C17H24N6O9S. The van der Waals surface area contributed by atoms with Crippen LogP contribution in [0.4, 0.5) is 0 Å². The predicted molar refractivity (Wildman–Crippen MR) is 112 cm³/mol. The molecule has 0 aliphatic carbocycles. The van der Waals surface area contributed by atoms with Crippen molar-refractivity contribution in [2.45, 2.75) is 43.4 Å². The van der Waals surface area contributed by atoms with Gasteiger partial charge in [-0.05, 0) is 0 Å². The first kappa shape index (κ1) is 27.4. The van der Waals surface area contributed by atoms with Gasteiger partial charge in [0.1, 0.15) is 18.1 Å². The largest absolute Gasteiger partial charge is 0.481 e. The Kier molecular flexibility index (Phi) is 10.8. The second-order valence-corrected chi connectivity index (χ2v) is 7.15. The molecule has 33 heavy (non-hydrogen) atoms. The van der Waals surface area contributed by atoms with Crippen molar-refractivity contribution in [2.24, 2.45) is 5.73 Å². The molecule has 0 aliphatic rings. The number of aliphatic carboxylic acids is 3. The van der Waals surface area contributed by atoms with Gasteiger partial charge in [0.05, 0.1) is 25.2 Å². The number of imidazole rings is 1. The molecule has 0 saturated heterocycles. The van der Waals surface area contributed by atoms with Gasteiger partial charge in [-0.1, -0.05) is 0 Å². The van der Waals surface area contributed by atoms with E-state index < -0.39 is 72.6 Å². The summed E-state index contributed by atoms with van der Waals surface area (Å²) in [5.41, 5.74) is 5.81. The van der Waals surface area contributed by atoms with Crippen LogP contribution in [0.1, 0.15) is 18.5 Å². The van der Waals surface area contributed by atoms with Gasteiger partial charge in [0.2, 0.25) is 17.7 Å². The number of amides is 3. The first-order valence-corrected chi connectivity index (χ1v) is 9.99. The summed E-state index contributed by atoms with van der Waals surface area (Å²) in [6.07, 6.45) is 0.862. The summed E-state index contributed by atoms with van der Waals surface area (Å²) >= 11 is 3.91. The molecule has 0 saturated carbocycles.